The molecule has 2 aliphatic rings. The molecule has 1 aliphatic carbocycles. The van der Waals surface area contributed by atoms with E-state index in [1.165, 1.54) is 22.5 Å². The van der Waals surface area contributed by atoms with E-state index in [2.05, 4.69) is 39.8 Å². The van der Waals surface area contributed by atoms with Crippen molar-refractivity contribution < 1.29 is 14.3 Å². The predicted octanol–water partition coefficient (Wildman–Crippen LogP) is 6.19. The number of piperidine rings is 1. The fraction of sp³-hybridized carbons (Fsp3) is 0.448. The van der Waals surface area contributed by atoms with Crippen LogP contribution in [-0.4, -0.2) is 57.0 Å². The Labute approximate surface area is 228 Å². The zero-order valence-electron chi connectivity index (χ0n) is 22.7. The first-order valence-electron chi connectivity index (χ1n) is 13.2. The Hall–Kier alpha value is -3.46. The van der Waals surface area contributed by atoms with Crippen LogP contribution < -0.4 is 10.1 Å². The smallest absolute Gasteiger partial charge is 0.410 e. The number of rotatable bonds is 6. The van der Waals surface area contributed by atoms with E-state index < -0.39 is 5.60 Å². The molecule has 1 atom stereocenters. The van der Waals surface area contributed by atoms with Gasteiger partial charge in [-0.05, 0) is 77.1 Å². The molecule has 1 saturated heterocycles. The number of fused-ring (bicyclic) bond motifs is 1. The Balaban J connectivity index is 1.29. The lowest BCUT2D eigenvalue weighted by molar-refractivity contribution is 0.0206. The van der Waals surface area contributed by atoms with Gasteiger partial charge >= 0.3 is 6.09 Å². The summed E-state index contributed by atoms with van der Waals surface area (Å²) in [7, 11) is 0. The third-order valence-electron chi connectivity index (χ3n) is 6.35. The first-order chi connectivity index (χ1) is 18.1. The van der Waals surface area contributed by atoms with Gasteiger partial charge in [0.25, 0.3) is 0 Å². The van der Waals surface area contributed by atoms with E-state index in [9.17, 15) is 4.79 Å². The van der Waals surface area contributed by atoms with E-state index in [-0.39, 0.29) is 18.2 Å². The number of nitrogens with zero attached hydrogens (tertiary/aromatic N) is 4. The first kappa shape index (κ1) is 26.2. The molecule has 2 aromatic heterocycles. The second kappa shape index (κ2) is 10.7. The number of nitrogens with one attached hydrogen (secondary N) is 1. The zero-order chi connectivity index (χ0) is 26.9. The highest BCUT2D eigenvalue weighted by Gasteiger charge is 2.28. The van der Waals surface area contributed by atoms with Gasteiger partial charge in [-0.3, -0.25) is 0 Å². The van der Waals surface area contributed by atoms with Crippen molar-refractivity contribution in [2.45, 2.75) is 71.6 Å². The molecule has 8 nitrogen and oxygen atoms in total. The number of pyridine rings is 1. The minimum Gasteiger partial charge on any atom is -0.475 e. The first-order valence-corrected chi connectivity index (χ1v) is 14.0. The molecule has 3 heterocycles. The number of ether oxygens (including phenoxy) is 2. The summed E-state index contributed by atoms with van der Waals surface area (Å²) in [6.07, 6.45) is 4.79. The Morgan fingerprint density at radius 2 is 2.03 bits per heavy atom. The van der Waals surface area contributed by atoms with Gasteiger partial charge in [0.1, 0.15) is 10.6 Å². The lowest BCUT2D eigenvalue weighted by Gasteiger charge is -2.34. The summed E-state index contributed by atoms with van der Waals surface area (Å²) >= 11 is 1.53. The standard InChI is InChI=1S/C29H35N5O3S/c1-18(2)36-25-10-6-9-24(31-25)22-14-13-19-11-12-20(16-23(19)22)26-32-33-27(38-26)30-21-8-7-15-34(17-21)28(35)37-29(3,4)5/h6,9-12,14,16,18,21H,7-8,13,15,17H2,1-5H3,(H,30,33). The maximum Gasteiger partial charge on any atom is 0.410 e. The second-order valence-corrected chi connectivity index (χ2v) is 12.0. The minimum absolute atomic E-state index is 0.0726. The SMILES string of the molecule is CC(C)Oc1cccc(C2=CCc3ccc(-c4nnc(NC5CCCN(C(=O)OC(C)(C)C)C5)s4)cc32)n1. The molecule has 1 aromatic carbocycles. The van der Waals surface area contributed by atoms with Gasteiger partial charge in [-0.15, -0.1) is 10.2 Å². The molecule has 200 valence electrons. The summed E-state index contributed by atoms with van der Waals surface area (Å²) in [6, 6.07) is 12.5. The van der Waals surface area contributed by atoms with E-state index in [1.807, 2.05) is 52.8 Å². The molecule has 1 N–H and O–H groups in total. The Bertz CT molecular complexity index is 1340. The molecule has 1 amide bonds. The third-order valence-corrected chi connectivity index (χ3v) is 7.26. The lowest BCUT2D eigenvalue weighted by Crippen LogP contribution is -2.46. The zero-order valence-corrected chi connectivity index (χ0v) is 23.5. The molecule has 0 radical (unpaired) electrons. The normalized spacial score (nSPS) is 17.3. The van der Waals surface area contributed by atoms with Crippen molar-refractivity contribution in [3.63, 3.8) is 0 Å². The molecular formula is C29H35N5O3S. The van der Waals surface area contributed by atoms with Crippen LogP contribution in [0, 0.1) is 0 Å². The minimum atomic E-state index is -0.503. The number of anilines is 1. The molecule has 3 aromatic rings. The average Bonchev–Trinajstić information content (AvgIpc) is 3.50. The van der Waals surface area contributed by atoms with Gasteiger partial charge in [-0.2, -0.15) is 0 Å². The van der Waals surface area contributed by atoms with Crippen molar-refractivity contribution in [2.24, 2.45) is 0 Å². The van der Waals surface area contributed by atoms with Gasteiger partial charge in [0.2, 0.25) is 11.0 Å². The summed E-state index contributed by atoms with van der Waals surface area (Å²) in [5.74, 6) is 0.635. The van der Waals surface area contributed by atoms with Crippen LogP contribution in [0.3, 0.4) is 0 Å². The van der Waals surface area contributed by atoms with Gasteiger partial charge in [0, 0.05) is 36.3 Å². The molecule has 1 unspecified atom stereocenters. The van der Waals surface area contributed by atoms with Crippen molar-refractivity contribution in [1.29, 1.82) is 0 Å². The fourth-order valence-corrected chi connectivity index (χ4v) is 5.55. The summed E-state index contributed by atoms with van der Waals surface area (Å²) < 4.78 is 11.4. The van der Waals surface area contributed by atoms with Gasteiger partial charge in [-0.1, -0.05) is 35.6 Å². The van der Waals surface area contributed by atoms with Crippen LogP contribution in [0.15, 0.2) is 42.5 Å². The number of carbonyl (C=O) groups excluding carboxylic acids is 1. The molecule has 38 heavy (non-hydrogen) atoms. The quantitative estimate of drug-likeness (QED) is 0.404. The highest BCUT2D eigenvalue weighted by molar-refractivity contribution is 7.18. The summed E-state index contributed by atoms with van der Waals surface area (Å²) in [5, 5.41) is 14.0. The summed E-state index contributed by atoms with van der Waals surface area (Å²) in [4.78, 5) is 19.0. The van der Waals surface area contributed by atoms with E-state index >= 15 is 0 Å². The largest absolute Gasteiger partial charge is 0.475 e. The van der Waals surface area contributed by atoms with Crippen LogP contribution in [0.1, 0.15) is 64.3 Å². The van der Waals surface area contributed by atoms with Crippen LogP contribution >= 0.6 is 11.3 Å². The maximum atomic E-state index is 12.5. The molecule has 1 aliphatic heterocycles. The van der Waals surface area contributed by atoms with Crippen LogP contribution in [0.4, 0.5) is 9.93 Å². The third kappa shape index (κ3) is 6.15. The predicted molar refractivity (Wildman–Crippen MR) is 151 cm³/mol. The molecule has 0 spiro atoms. The van der Waals surface area contributed by atoms with E-state index in [4.69, 9.17) is 14.5 Å². The topological polar surface area (TPSA) is 89.5 Å². The number of benzene rings is 1. The van der Waals surface area contributed by atoms with Gasteiger partial charge in [-0.25, -0.2) is 9.78 Å². The van der Waals surface area contributed by atoms with Crippen molar-refractivity contribution in [3.05, 3.63) is 59.3 Å². The molecule has 5 rings (SSSR count). The molecule has 9 heteroatoms. The van der Waals surface area contributed by atoms with Gasteiger partial charge < -0.3 is 19.7 Å². The number of amides is 1. The van der Waals surface area contributed by atoms with Gasteiger partial charge in [0.15, 0.2) is 0 Å². The number of likely N-dealkylation sites (tertiary alicyclic amines) is 1. The Morgan fingerprint density at radius 1 is 1.18 bits per heavy atom. The van der Waals surface area contributed by atoms with Crippen molar-refractivity contribution in [2.75, 3.05) is 18.4 Å². The molecular weight excluding hydrogens is 498 g/mol. The van der Waals surface area contributed by atoms with Crippen molar-refractivity contribution >= 4 is 28.1 Å². The van der Waals surface area contributed by atoms with Crippen molar-refractivity contribution in [3.8, 4) is 16.5 Å². The number of hydrogen-bond acceptors (Lipinski definition) is 8. The molecule has 1 fully saturated rings. The van der Waals surface area contributed by atoms with E-state index in [0.717, 1.165) is 46.2 Å². The number of aromatic nitrogens is 3. The average molecular weight is 534 g/mol. The second-order valence-electron chi connectivity index (χ2n) is 11.0. The summed E-state index contributed by atoms with van der Waals surface area (Å²) in [6.45, 7) is 11.0. The monoisotopic (exact) mass is 533 g/mol. The van der Waals surface area contributed by atoms with Crippen molar-refractivity contribution in [1.82, 2.24) is 20.1 Å². The highest BCUT2D eigenvalue weighted by Crippen LogP contribution is 2.37. The lowest BCUT2D eigenvalue weighted by atomic mass is 10.0. The number of allylic oxidation sites excluding steroid dienone is 1. The fourth-order valence-electron chi connectivity index (χ4n) is 4.73. The summed E-state index contributed by atoms with van der Waals surface area (Å²) in [5.41, 5.74) is 4.98. The number of carbonyl (C=O) groups is 1. The van der Waals surface area contributed by atoms with Crippen LogP contribution in [0.2, 0.25) is 0 Å². The van der Waals surface area contributed by atoms with E-state index in [1.54, 1.807) is 4.90 Å². The van der Waals surface area contributed by atoms with E-state index in [0.29, 0.717) is 19.0 Å². The van der Waals surface area contributed by atoms with Crippen LogP contribution in [-0.2, 0) is 11.2 Å². The van der Waals surface area contributed by atoms with Gasteiger partial charge in [0.05, 0.1) is 11.8 Å². The maximum absolute atomic E-state index is 12.5. The Morgan fingerprint density at radius 3 is 2.82 bits per heavy atom. The number of hydrogen-bond donors (Lipinski definition) is 1. The van der Waals surface area contributed by atoms with Crippen LogP contribution in [0.25, 0.3) is 16.1 Å². The Kier molecular flexibility index (Phi) is 7.38. The molecule has 0 saturated carbocycles. The highest BCUT2D eigenvalue weighted by atomic mass is 32.1. The molecule has 0 bridgehead atoms. The van der Waals surface area contributed by atoms with Crippen LogP contribution in [0.5, 0.6) is 5.88 Å².